The lowest BCUT2D eigenvalue weighted by atomic mass is 10.1. The summed E-state index contributed by atoms with van der Waals surface area (Å²) in [5, 5.41) is 15.4. The van der Waals surface area contributed by atoms with Crippen molar-refractivity contribution < 1.29 is 18.9 Å². The third-order valence-corrected chi connectivity index (χ3v) is 4.30. The van der Waals surface area contributed by atoms with E-state index in [2.05, 4.69) is 5.32 Å². The van der Waals surface area contributed by atoms with Crippen LogP contribution in [0, 0.1) is 10.1 Å². The number of rotatable bonds is 7. The third-order valence-electron chi connectivity index (χ3n) is 3.37. The average Bonchev–Trinajstić information content (AvgIpc) is 3.30. The van der Waals surface area contributed by atoms with E-state index in [0.717, 1.165) is 17.1 Å². The zero-order chi connectivity index (χ0) is 17.6. The molecule has 1 aromatic carbocycles. The van der Waals surface area contributed by atoms with Crippen LogP contribution in [0.4, 0.5) is 10.7 Å². The van der Waals surface area contributed by atoms with Gasteiger partial charge in [-0.25, -0.2) is 4.79 Å². The van der Waals surface area contributed by atoms with Gasteiger partial charge in [-0.05, 0) is 24.3 Å². The molecule has 128 valence electrons. The molecule has 0 aliphatic rings. The number of para-hydroxylation sites is 1. The Morgan fingerprint density at radius 1 is 1.28 bits per heavy atom. The molecule has 0 aliphatic carbocycles. The fourth-order valence-electron chi connectivity index (χ4n) is 2.17. The molecular weight excluding hydrogens is 344 g/mol. The van der Waals surface area contributed by atoms with Gasteiger partial charge in [-0.15, -0.1) is 0 Å². The Morgan fingerprint density at radius 2 is 2.12 bits per heavy atom. The molecule has 0 spiro atoms. The molecule has 1 N–H and O–H groups in total. The predicted molar refractivity (Wildman–Crippen MR) is 92.6 cm³/mol. The number of carbonyl (C=O) groups is 1. The second kappa shape index (κ2) is 7.63. The van der Waals surface area contributed by atoms with Crippen LogP contribution in [-0.2, 0) is 17.9 Å². The second-order valence-corrected chi connectivity index (χ2v) is 5.99. The van der Waals surface area contributed by atoms with Gasteiger partial charge in [-0.2, -0.15) is 0 Å². The van der Waals surface area contributed by atoms with Gasteiger partial charge in [0.05, 0.1) is 23.3 Å². The number of carbonyl (C=O) groups excluding carboxylic acids is 1. The van der Waals surface area contributed by atoms with Crippen LogP contribution >= 0.6 is 11.3 Å². The van der Waals surface area contributed by atoms with E-state index >= 15 is 0 Å². The lowest BCUT2D eigenvalue weighted by molar-refractivity contribution is -0.380. The summed E-state index contributed by atoms with van der Waals surface area (Å²) >= 11 is 1.00. The molecule has 0 saturated heterocycles. The first-order valence-electron chi connectivity index (χ1n) is 7.37. The molecular formula is C17H14N2O5S. The Kier molecular flexibility index (Phi) is 5.10. The maximum atomic E-state index is 12.3. The molecule has 0 fully saturated rings. The molecule has 0 bridgehead atoms. The SMILES string of the molecule is O=C(OCc1csc([N+](=O)[O-])c1)c1ccccc1NCc1ccco1. The van der Waals surface area contributed by atoms with Crippen LogP contribution in [0.5, 0.6) is 0 Å². The zero-order valence-electron chi connectivity index (χ0n) is 13.0. The predicted octanol–water partition coefficient (Wildman–Crippen LogP) is 4.22. The lowest BCUT2D eigenvalue weighted by Crippen LogP contribution is -2.09. The summed E-state index contributed by atoms with van der Waals surface area (Å²) in [5.41, 5.74) is 1.60. The summed E-state index contributed by atoms with van der Waals surface area (Å²) in [5.74, 6) is 0.241. The monoisotopic (exact) mass is 358 g/mol. The summed E-state index contributed by atoms with van der Waals surface area (Å²) in [6.45, 7) is 0.420. The second-order valence-electron chi connectivity index (χ2n) is 5.10. The van der Waals surface area contributed by atoms with Crippen molar-refractivity contribution in [3.63, 3.8) is 0 Å². The van der Waals surface area contributed by atoms with Crippen LogP contribution in [0.15, 0.2) is 58.5 Å². The van der Waals surface area contributed by atoms with Crippen LogP contribution in [0.25, 0.3) is 0 Å². The minimum absolute atomic E-state index is 0.0182. The standard InChI is InChI=1S/C17H14N2O5S/c20-17(24-10-12-8-16(19(21)22)25-11-12)14-5-1-2-6-15(14)18-9-13-4-3-7-23-13/h1-8,11,18H,9-10H2. The number of benzene rings is 1. The molecule has 3 rings (SSSR count). The lowest BCUT2D eigenvalue weighted by Gasteiger charge is -2.10. The Labute approximate surface area is 147 Å². The number of nitrogens with one attached hydrogen (secondary N) is 1. The number of anilines is 1. The molecule has 0 unspecified atom stereocenters. The Balaban J connectivity index is 1.63. The third kappa shape index (κ3) is 4.24. The fraction of sp³-hybridized carbons (Fsp3) is 0.118. The van der Waals surface area contributed by atoms with Crippen molar-refractivity contribution in [2.45, 2.75) is 13.2 Å². The minimum Gasteiger partial charge on any atom is -0.467 e. The van der Waals surface area contributed by atoms with E-state index < -0.39 is 10.9 Å². The first-order valence-corrected chi connectivity index (χ1v) is 8.25. The number of nitrogens with zero attached hydrogens (tertiary/aromatic N) is 1. The van der Waals surface area contributed by atoms with Crippen LogP contribution in [0.1, 0.15) is 21.7 Å². The smallest absolute Gasteiger partial charge is 0.340 e. The van der Waals surface area contributed by atoms with Crippen molar-refractivity contribution in [2.75, 3.05) is 5.32 Å². The Hall–Kier alpha value is -3.13. The Morgan fingerprint density at radius 3 is 2.84 bits per heavy atom. The van der Waals surface area contributed by atoms with Crippen LogP contribution in [0.2, 0.25) is 0 Å². The normalized spacial score (nSPS) is 10.4. The molecule has 7 nitrogen and oxygen atoms in total. The summed E-state index contributed by atoms with van der Waals surface area (Å²) < 4.78 is 10.5. The summed E-state index contributed by atoms with van der Waals surface area (Å²) in [6, 6.07) is 12.0. The Bertz CT molecular complexity index is 873. The van der Waals surface area contributed by atoms with Crippen molar-refractivity contribution in [3.8, 4) is 0 Å². The molecule has 25 heavy (non-hydrogen) atoms. The summed E-state index contributed by atoms with van der Waals surface area (Å²) in [7, 11) is 0. The van der Waals surface area contributed by atoms with Crippen LogP contribution < -0.4 is 5.32 Å². The quantitative estimate of drug-likeness (QED) is 0.386. The van der Waals surface area contributed by atoms with Gasteiger partial charge in [-0.3, -0.25) is 10.1 Å². The molecule has 2 heterocycles. The number of esters is 1. The first kappa shape index (κ1) is 16.7. The highest BCUT2D eigenvalue weighted by Gasteiger charge is 2.15. The topological polar surface area (TPSA) is 94.6 Å². The maximum Gasteiger partial charge on any atom is 0.340 e. The first-order chi connectivity index (χ1) is 12.1. The van der Waals surface area contributed by atoms with Gasteiger partial charge in [0.25, 0.3) is 0 Å². The van der Waals surface area contributed by atoms with Gasteiger partial charge >= 0.3 is 11.0 Å². The molecule has 0 amide bonds. The van der Waals surface area contributed by atoms with E-state index in [1.54, 1.807) is 35.9 Å². The number of hydrogen-bond acceptors (Lipinski definition) is 7. The highest BCUT2D eigenvalue weighted by Crippen LogP contribution is 2.24. The van der Waals surface area contributed by atoms with E-state index in [9.17, 15) is 14.9 Å². The molecule has 0 atom stereocenters. The number of thiophene rings is 1. The van der Waals surface area contributed by atoms with Crippen LogP contribution in [0.3, 0.4) is 0 Å². The summed E-state index contributed by atoms with van der Waals surface area (Å²) in [4.78, 5) is 22.5. The highest BCUT2D eigenvalue weighted by molar-refractivity contribution is 7.13. The van der Waals surface area contributed by atoms with Gasteiger partial charge in [0, 0.05) is 22.7 Å². The number of furan rings is 1. The van der Waals surface area contributed by atoms with E-state index in [0.29, 0.717) is 23.4 Å². The minimum atomic E-state index is -0.503. The van der Waals surface area contributed by atoms with Gasteiger partial charge in [0.1, 0.15) is 12.4 Å². The zero-order valence-corrected chi connectivity index (χ0v) is 13.8. The molecule has 8 heteroatoms. The van der Waals surface area contributed by atoms with E-state index in [1.165, 1.54) is 6.07 Å². The van der Waals surface area contributed by atoms with E-state index in [-0.39, 0.29) is 11.6 Å². The highest BCUT2D eigenvalue weighted by atomic mass is 32.1. The summed E-state index contributed by atoms with van der Waals surface area (Å²) in [6.07, 6.45) is 1.58. The number of hydrogen-bond donors (Lipinski definition) is 1. The van der Waals surface area contributed by atoms with Gasteiger partial charge < -0.3 is 14.5 Å². The molecule has 2 aromatic heterocycles. The van der Waals surface area contributed by atoms with E-state index in [4.69, 9.17) is 9.15 Å². The molecule has 3 aromatic rings. The van der Waals surface area contributed by atoms with Crippen molar-refractivity contribution in [1.29, 1.82) is 0 Å². The maximum absolute atomic E-state index is 12.3. The largest absolute Gasteiger partial charge is 0.467 e. The van der Waals surface area contributed by atoms with Crippen molar-refractivity contribution in [3.05, 3.63) is 81.1 Å². The van der Waals surface area contributed by atoms with Gasteiger partial charge in [0.2, 0.25) is 0 Å². The molecule has 0 aliphatic heterocycles. The number of nitro groups is 1. The fourth-order valence-corrected chi connectivity index (χ4v) is 2.89. The van der Waals surface area contributed by atoms with Gasteiger partial charge in [0.15, 0.2) is 0 Å². The molecule has 0 radical (unpaired) electrons. The van der Waals surface area contributed by atoms with Gasteiger partial charge in [-0.1, -0.05) is 23.5 Å². The number of ether oxygens (including phenoxy) is 1. The van der Waals surface area contributed by atoms with Crippen LogP contribution in [-0.4, -0.2) is 10.9 Å². The van der Waals surface area contributed by atoms with E-state index in [1.807, 2.05) is 12.1 Å². The average molecular weight is 358 g/mol. The molecule has 0 saturated carbocycles. The van der Waals surface area contributed by atoms with Crippen molar-refractivity contribution >= 4 is 28.0 Å². The van der Waals surface area contributed by atoms with Crippen molar-refractivity contribution in [1.82, 2.24) is 0 Å². The van der Waals surface area contributed by atoms with Crippen molar-refractivity contribution in [2.24, 2.45) is 0 Å².